The van der Waals surface area contributed by atoms with Gasteiger partial charge in [0.15, 0.2) is 0 Å². The van der Waals surface area contributed by atoms with E-state index in [0.29, 0.717) is 0 Å². The number of aromatic nitrogens is 1. The standard InChI is InChI=1S/C24H18N.ClH/c1-25-22-13-7-4-8-17(22)14-15-23(25)24-20-11-5-2-9-18(20)16-19-10-3-6-12-21(19)24;/h2-16H,1H3;1H/q+1;/p-1. The minimum Gasteiger partial charge on any atom is -1.00 e. The fourth-order valence-electron chi connectivity index (χ4n) is 3.88. The van der Waals surface area contributed by atoms with Crippen LogP contribution in [-0.4, -0.2) is 0 Å². The second-order valence-electron chi connectivity index (χ2n) is 6.53. The molecule has 0 radical (unpaired) electrons. The minimum atomic E-state index is 0. The maximum absolute atomic E-state index is 2.31. The first-order chi connectivity index (χ1) is 12.3. The minimum absolute atomic E-state index is 0. The van der Waals surface area contributed by atoms with Gasteiger partial charge in [0.2, 0.25) is 11.2 Å². The van der Waals surface area contributed by atoms with Gasteiger partial charge in [-0.25, -0.2) is 0 Å². The summed E-state index contributed by atoms with van der Waals surface area (Å²) in [7, 11) is 2.16. The number of pyridine rings is 1. The van der Waals surface area contributed by atoms with Gasteiger partial charge in [-0.2, -0.15) is 4.57 Å². The molecule has 5 aromatic rings. The molecule has 0 unspecified atom stereocenters. The molecule has 5 rings (SSSR count). The lowest BCUT2D eigenvalue weighted by Crippen LogP contribution is -3.00. The molecule has 2 heteroatoms. The summed E-state index contributed by atoms with van der Waals surface area (Å²) in [6.45, 7) is 0. The fourth-order valence-corrected chi connectivity index (χ4v) is 3.88. The molecule has 0 aliphatic heterocycles. The van der Waals surface area contributed by atoms with E-state index in [1.165, 1.54) is 43.7 Å². The molecule has 26 heavy (non-hydrogen) atoms. The Kier molecular flexibility index (Phi) is 4.10. The van der Waals surface area contributed by atoms with Crippen LogP contribution in [0.1, 0.15) is 0 Å². The van der Waals surface area contributed by atoms with Crippen LogP contribution in [-0.2, 0) is 7.05 Å². The van der Waals surface area contributed by atoms with Gasteiger partial charge >= 0.3 is 0 Å². The number of nitrogens with zero attached hydrogens (tertiary/aromatic N) is 1. The Morgan fingerprint density at radius 3 is 1.77 bits per heavy atom. The normalized spacial score (nSPS) is 11.0. The van der Waals surface area contributed by atoms with Crippen molar-refractivity contribution in [3.63, 3.8) is 0 Å². The summed E-state index contributed by atoms with van der Waals surface area (Å²) in [5, 5.41) is 6.42. The van der Waals surface area contributed by atoms with Gasteiger partial charge in [0.25, 0.3) is 0 Å². The van der Waals surface area contributed by atoms with E-state index in [-0.39, 0.29) is 12.4 Å². The highest BCUT2D eigenvalue weighted by Crippen LogP contribution is 2.35. The number of fused-ring (bicyclic) bond motifs is 3. The smallest absolute Gasteiger partial charge is 0.214 e. The Morgan fingerprint density at radius 1 is 0.577 bits per heavy atom. The molecule has 1 aromatic heterocycles. The molecule has 1 nitrogen and oxygen atoms in total. The third kappa shape index (κ3) is 2.44. The van der Waals surface area contributed by atoms with Crippen molar-refractivity contribution in [1.82, 2.24) is 0 Å². The van der Waals surface area contributed by atoms with E-state index in [2.05, 4.69) is 103 Å². The first-order valence-corrected chi connectivity index (χ1v) is 8.61. The molecule has 126 valence electrons. The van der Waals surface area contributed by atoms with Gasteiger partial charge in [-0.15, -0.1) is 0 Å². The SMILES string of the molecule is C[n+]1c(-c2c3ccccc3cc3ccccc23)ccc2ccccc21.[Cl-]. The van der Waals surface area contributed by atoms with E-state index in [0.717, 1.165) is 0 Å². The van der Waals surface area contributed by atoms with Gasteiger partial charge in [-0.05, 0) is 39.7 Å². The zero-order valence-electron chi connectivity index (χ0n) is 14.5. The van der Waals surface area contributed by atoms with E-state index in [4.69, 9.17) is 0 Å². The molecule has 0 aliphatic rings. The Labute approximate surface area is 158 Å². The average molecular weight is 356 g/mol. The van der Waals surface area contributed by atoms with Gasteiger partial charge in [0.05, 0.1) is 5.56 Å². The number of rotatable bonds is 1. The highest BCUT2D eigenvalue weighted by Gasteiger charge is 2.18. The Hall–Kier alpha value is -2.90. The molecule has 0 spiro atoms. The van der Waals surface area contributed by atoms with E-state index in [9.17, 15) is 0 Å². The van der Waals surface area contributed by atoms with Crippen molar-refractivity contribution < 1.29 is 17.0 Å². The molecule has 4 aromatic carbocycles. The Morgan fingerprint density at radius 2 is 1.12 bits per heavy atom. The zero-order valence-corrected chi connectivity index (χ0v) is 15.2. The maximum atomic E-state index is 2.31. The molecule has 0 amide bonds. The molecule has 0 bridgehead atoms. The summed E-state index contributed by atoms with van der Waals surface area (Å²) in [6.07, 6.45) is 0. The Balaban J connectivity index is 0.00000168. The van der Waals surface area contributed by atoms with Crippen molar-refractivity contribution in [2.24, 2.45) is 7.05 Å². The summed E-state index contributed by atoms with van der Waals surface area (Å²) < 4.78 is 2.31. The van der Waals surface area contributed by atoms with Crippen LogP contribution in [0.3, 0.4) is 0 Å². The molecule has 0 N–H and O–H groups in total. The molecular formula is C24H18ClN. The lowest BCUT2D eigenvalue weighted by atomic mass is 9.94. The van der Waals surface area contributed by atoms with Crippen molar-refractivity contribution in [2.75, 3.05) is 0 Å². The first kappa shape index (κ1) is 16.6. The highest BCUT2D eigenvalue weighted by atomic mass is 35.5. The lowest BCUT2D eigenvalue weighted by Gasteiger charge is -2.11. The second kappa shape index (κ2) is 6.44. The van der Waals surface area contributed by atoms with Gasteiger partial charge in [0.1, 0.15) is 7.05 Å². The predicted molar refractivity (Wildman–Crippen MR) is 106 cm³/mol. The lowest BCUT2D eigenvalue weighted by molar-refractivity contribution is -0.633. The molecule has 0 aliphatic carbocycles. The van der Waals surface area contributed by atoms with Crippen molar-refractivity contribution in [1.29, 1.82) is 0 Å². The van der Waals surface area contributed by atoms with Gasteiger partial charge < -0.3 is 12.4 Å². The monoisotopic (exact) mass is 355 g/mol. The van der Waals surface area contributed by atoms with E-state index in [1.54, 1.807) is 0 Å². The summed E-state index contributed by atoms with van der Waals surface area (Å²) in [5.74, 6) is 0. The van der Waals surface area contributed by atoms with Crippen LogP contribution < -0.4 is 17.0 Å². The third-order valence-corrected chi connectivity index (χ3v) is 5.11. The molecule has 0 saturated heterocycles. The van der Waals surface area contributed by atoms with Crippen LogP contribution >= 0.6 is 0 Å². The van der Waals surface area contributed by atoms with Gasteiger partial charge in [-0.3, -0.25) is 0 Å². The molecule has 0 atom stereocenters. The summed E-state index contributed by atoms with van der Waals surface area (Å²) >= 11 is 0. The molecule has 0 saturated carbocycles. The van der Waals surface area contributed by atoms with E-state index >= 15 is 0 Å². The number of benzene rings is 4. The summed E-state index contributed by atoms with van der Waals surface area (Å²) in [5.41, 5.74) is 3.80. The van der Waals surface area contributed by atoms with Crippen LogP contribution in [0.5, 0.6) is 0 Å². The van der Waals surface area contributed by atoms with Crippen LogP contribution in [0.2, 0.25) is 0 Å². The largest absolute Gasteiger partial charge is 1.00 e. The topological polar surface area (TPSA) is 3.88 Å². The number of hydrogen-bond acceptors (Lipinski definition) is 0. The second-order valence-corrected chi connectivity index (χ2v) is 6.53. The predicted octanol–water partition coefficient (Wildman–Crippen LogP) is 2.64. The number of aryl methyl sites for hydroxylation is 1. The van der Waals surface area contributed by atoms with Crippen molar-refractivity contribution in [2.45, 2.75) is 0 Å². The summed E-state index contributed by atoms with van der Waals surface area (Å²) in [4.78, 5) is 0. The van der Waals surface area contributed by atoms with Crippen LogP contribution in [0.4, 0.5) is 0 Å². The maximum Gasteiger partial charge on any atom is 0.214 e. The van der Waals surface area contributed by atoms with Crippen LogP contribution in [0, 0.1) is 0 Å². The average Bonchev–Trinajstić information content (AvgIpc) is 2.67. The quantitative estimate of drug-likeness (QED) is 0.321. The number of halogens is 1. The van der Waals surface area contributed by atoms with Crippen molar-refractivity contribution in [3.05, 3.63) is 91.0 Å². The van der Waals surface area contributed by atoms with E-state index in [1.807, 2.05) is 0 Å². The van der Waals surface area contributed by atoms with E-state index < -0.39 is 0 Å². The van der Waals surface area contributed by atoms with Crippen LogP contribution in [0.15, 0.2) is 91.0 Å². The summed E-state index contributed by atoms with van der Waals surface area (Å²) in [6, 6.07) is 32.6. The first-order valence-electron chi connectivity index (χ1n) is 8.61. The van der Waals surface area contributed by atoms with Crippen molar-refractivity contribution in [3.8, 4) is 11.3 Å². The van der Waals surface area contributed by atoms with Gasteiger partial charge in [-0.1, -0.05) is 60.7 Å². The van der Waals surface area contributed by atoms with Gasteiger partial charge in [0, 0.05) is 17.5 Å². The Bertz CT molecular complexity index is 1200. The molecule has 1 heterocycles. The fraction of sp³-hybridized carbons (Fsp3) is 0.0417. The number of hydrogen-bond donors (Lipinski definition) is 0. The highest BCUT2D eigenvalue weighted by molar-refractivity contribution is 6.11. The zero-order chi connectivity index (χ0) is 16.8. The third-order valence-electron chi connectivity index (χ3n) is 5.11. The van der Waals surface area contributed by atoms with Crippen molar-refractivity contribution >= 4 is 32.4 Å². The number of para-hydroxylation sites is 1. The van der Waals surface area contributed by atoms with Crippen LogP contribution in [0.25, 0.3) is 43.7 Å². The molecule has 0 fully saturated rings. The molecular weight excluding hydrogens is 338 g/mol.